The maximum Gasteiger partial charge on any atom is 0.164 e. The molecule has 3 unspecified atom stereocenters. The lowest BCUT2D eigenvalue weighted by atomic mass is 9.53. The molecule has 0 amide bonds. The van der Waals surface area contributed by atoms with Gasteiger partial charge in [-0.25, -0.2) is 0 Å². The largest absolute Gasteiger partial charge is 0.396 e. The van der Waals surface area contributed by atoms with Gasteiger partial charge in [-0.15, -0.1) is 0 Å². The van der Waals surface area contributed by atoms with Crippen LogP contribution in [0.15, 0.2) is 0 Å². The zero-order valence-corrected chi connectivity index (χ0v) is 18.5. The molecule has 1 heterocycles. The summed E-state index contributed by atoms with van der Waals surface area (Å²) in [6, 6.07) is 0. The first-order chi connectivity index (χ1) is 12.9. The molecule has 3 saturated carbocycles. The minimum Gasteiger partial charge on any atom is -0.396 e. The molecule has 0 aromatic carbocycles. The highest BCUT2D eigenvalue weighted by molar-refractivity contribution is 5.25. The van der Waals surface area contributed by atoms with Crippen molar-refractivity contribution >= 4 is 0 Å². The van der Waals surface area contributed by atoms with Crippen molar-refractivity contribution in [2.45, 2.75) is 96.7 Å². The third-order valence-electron chi connectivity index (χ3n) is 9.34. The molecule has 28 heavy (non-hydrogen) atoms. The van der Waals surface area contributed by atoms with E-state index in [4.69, 9.17) is 9.47 Å². The Hall–Kier alpha value is -0.200. The van der Waals surface area contributed by atoms with Gasteiger partial charge in [0.1, 0.15) is 17.3 Å². The van der Waals surface area contributed by atoms with Crippen LogP contribution in [0.25, 0.3) is 0 Å². The molecule has 5 heteroatoms. The standard InChI is InChI=1S/C23H40O5/c1-14(2)22-11-8-16-21(6)10-7-9-20(5,13-25)17(21)15(12-24)23(16,26)18(22)27-19(3,4)28-22/h14-18,24-26H,7-13H2,1-6H3/t15-,16?,17-,18-,20?,21+,22+,23?/m0/s1. The van der Waals surface area contributed by atoms with Crippen LogP contribution in [-0.2, 0) is 9.47 Å². The Morgan fingerprint density at radius 2 is 1.71 bits per heavy atom. The molecule has 8 atom stereocenters. The van der Waals surface area contributed by atoms with Gasteiger partial charge in [0.15, 0.2) is 5.79 Å². The zero-order valence-electron chi connectivity index (χ0n) is 18.5. The molecular formula is C23H40O5. The quantitative estimate of drug-likeness (QED) is 0.683. The molecule has 4 fully saturated rings. The third-order valence-corrected chi connectivity index (χ3v) is 9.34. The van der Waals surface area contributed by atoms with E-state index in [0.717, 1.165) is 32.1 Å². The van der Waals surface area contributed by atoms with Crippen LogP contribution >= 0.6 is 0 Å². The van der Waals surface area contributed by atoms with Crippen molar-refractivity contribution in [3.8, 4) is 0 Å². The summed E-state index contributed by atoms with van der Waals surface area (Å²) in [4.78, 5) is 0. The summed E-state index contributed by atoms with van der Waals surface area (Å²) in [6.45, 7) is 12.6. The molecule has 5 nitrogen and oxygen atoms in total. The second-order valence-electron chi connectivity index (χ2n) is 11.5. The maximum atomic E-state index is 12.5. The van der Waals surface area contributed by atoms with E-state index in [1.54, 1.807) is 0 Å². The van der Waals surface area contributed by atoms with Crippen molar-refractivity contribution in [3.05, 3.63) is 0 Å². The highest BCUT2D eigenvalue weighted by atomic mass is 16.8. The molecular weight excluding hydrogens is 356 g/mol. The van der Waals surface area contributed by atoms with E-state index >= 15 is 0 Å². The van der Waals surface area contributed by atoms with Crippen LogP contribution in [0, 0.1) is 34.5 Å². The minimum atomic E-state index is -1.15. The average Bonchev–Trinajstić information content (AvgIpc) is 3.02. The van der Waals surface area contributed by atoms with Crippen LogP contribution < -0.4 is 0 Å². The Morgan fingerprint density at radius 1 is 1.04 bits per heavy atom. The number of hydrogen-bond donors (Lipinski definition) is 3. The van der Waals surface area contributed by atoms with Crippen LogP contribution in [0.3, 0.4) is 0 Å². The molecule has 0 bridgehead atoms. The van der Waals surface area contributed by atoms with E-state index in [1.807, 2.05) is 13.8 Å². The zero-order chi connectivity index (χ0) is 20.8. The third kappa shape index (κ3) is 2.37. The summed E-state index contributed by atoms with van der Waals surface area (Å²) < 4.78 is 13.0. The Kier molecular flexibility index (Phi) is 4.63. The van der Waals surface area contributed by atoms with Crippen LogP contribution in [0.5, 0.6) is 0 Å². The van der Waals surface area contributed by atoms with E-state index in [-0.39, 0.29) is 47.7 Å². The molecule has 0 spiro atoms. The van der Waals surface area contributed by atoms with Crippen molar-refractivity contribution in [3.63, 3.8) is 0 Å². The molecule has 4 rings (SSSR count). The van der Waals surface area contributed by atoms with Gasteiger partial charge in [0.2, 0.25) is 0 Å². The Labute approximate surface area is 169 Å². The maximum absolute atomic E-state index is 12.5. The lowest BCUT2D eigenvalue weighted by Gasteiger charge is -2.54. The molecule has 1 saturated heterocycles. The normalized spacial score (nSPS) is 55.1. The SMILES string of the molecule is CC(C)[C@]12CCC3C(O)([C@H]1OC(C)(C)O2)[C@@H](CO)[C@H]1C(C)(CO)CCC[C@]31C. The highest BCUT2D eigenvalue weighted by Gasteiger charge is 2.78. The summed E-state index contributed by atoms with van der Waals surface area (Å²) in [5.41, 5.74) is -2.09. The van der Waals surface area contributed by atoms with Gasteiger partial charge < -0.3 is 24.8 Å². The van der Waals surface area contributed by atoms with Gasteiger partial charge in [-0.1, -0.05) is 34.1 Å². The number of ether oxygens (including phenoxy) is 2. The molecule has 0 aromatic heterocycles. The second-order valence-corrected chi connectivity index (χ2v) is 11.5. The molecule has 3 aliphatic carbocycles. The molecule has 0 radical (unpaired) electrons. The molecule has 1 aliphatic heterocycles. The van der Waals surface area contributed by atoms with Crippen LogP contribution in [0.4, 0.5) is 0 Å². The van der Waals surface area contributed by atoms with Crippen molar-refractivity contribution in [1.82, 2.24) is 0 Å². The monoisotopic (exact) mass is 396 g/mol. The van der Waals surface area contributed by atoms with E-state index in [0.29, 0.717) is 0 Å². The van der Waals surface area contributed by atoms with Gasteiger partial charge in [-0.05, 0) is 68.1 Å². The fourth-order valence-corrected chi connectivity index (χ4v) is 8.40. The fraction of sp³-hybridized carbons (Fsp3) is 1.00. The number of rotatable bonds is 3. The summed E-state index contributed by atoms with van der Waals surface area (Å²) in [5.74, 6) is -0.769. The van der Waals surface area contributed by atoms with Crippen LogP contribution in [0.2, 0.25) is 0 Å². The lowest BCUT2D eigenvalue weighted by molar-refractivity contribution is -0.208. The van der Waals surface area contributed by atoms with Crippen molar-refractivity contribution in [1.29, 1.82) is 0 Å². The van der Waals surface area contributed by atoms with Crippen molar-refractivity contribution < 1.29 is 24.8 Å². The topological polar surface area (TPSA) is 79.2 Å². The molecule has 3 N–H and O–H groups in total. The first-order valence-electron chi connectivity index (χ1n) is 11.2. The van der Waals surface area contributed by atoms with Gasteiger partial charge in [-0.2, -0.15) is 0 Å². The van der Waals surface area contributed by atoms with Crippen LogP contribution in [0.1, 0.15) is 73.6 Å². The second kappa shape index (κ2) is 6.16. The fourth-order valence-electron chi connectivity index (χ4n) is 8.40. The number of aliphatic hydroxyl groups is 3. The summed E-state index contributed by atoms with van der Waals surface area (Å²) in [5, 5.41) is 33.4. The minimum absolute atomic E-state index is 0.0442. The lowest BCUT2D eigenvalue weighted by Crippen LogP contribution is -2.66. The first kappa shape index (κ1) is 21.0. The predicted molar refractivity (Wildman–Crippen MR) is 106 cm³/mol. The summed E-state index contributed by atoms with van der Waals surface area (Å²) in [6.07, 6.45) is 4.29. The smallest absolute Gasteiger partial charge is 0.164 e. The van der Waals surface area contributed by atoms with E-state index < -0.39 is 23.1 Å². The summed E-state index contributed by atoms with van der Waals surface area (Å²) in [7, 11) is 0. The molecule has 0 aromatic rings. The van der Waals surface area contributed by atoms with E-state index in [9.17, 15) is 15.3 Å². The van der Waals surface area contributed by atoms with Crippen LogP contribution in [-0.4, -0.2) is 51.6 Å². The number of aliphatic hydroxyl groups excluding tert-OH is 2. The summed E-state index contributed by atoms with van der Waals surface area (Å²) >= 11 is 0. The van der Waals surface area contributed by atoms with Gasteiger partial charge in [0, 0.05) is 19.1 Å². The number of hydrogen-bond acceptors (Lipinski definition) is 5. The van der Waals surface area contributed by atoms with Crippen molar-refractivity contribution in [2.24, 2.45) is 34.5 Å². The van der Waals surface area contributed by atoms with Gasteiger partial charge >= 0.3 is 0 Å². The first-order valence-corrected chi connectivity index (χ1v) is 11.2. The predicted octanol–water partition coefficient (Wildman–Crippen LogP) is 3.10. The van der Waals surface area contributed by atoms with Gasteiger partial charge in [0.05, 0.1) is 0 Å². The van der Waals surface area contributed by atoms with Gasteiger partial charge in [-0.3, -0.25) is 0 Å². The average molecular weight is 397 g/mol. The highest BCUT2D eigenvalue weighted by Crippen LogP contribution is 2.72. The molecule has 4 aliphatic rings. The Bertz CT molecular complexity index is 634. The molecule has 162 valence electrons. The van der Waals surface area contributed by atoms with Crippen molar-refractivity contribution in [2.75, 3.05) is 13.2 Å². The van der Waals surface area contributed by atoms with E-state index in [2.05, 4.69) is 27.7 Å². The Balaban J connectivity index is 1.88. The van der Waals surface area contributed by atoms with E-state index in [1.165, 1.54) is 0 Å². The van der Waals surface area contributed by atoms with Gasteiger partial charge in [0.25, 0.3) is 0 Å². The Morgan fingerprint density at radius 3 is 2.29 bits per heavy atom. The number of fused-ring (bicyclic) bond motifs is 5.